The maximum atomic E-state index is 13.6. The summed E-state index contributed by atoms with van der Waals surface area (Å²) in [5, 5.41) is 0. The summed E-state index contributed by atoms with van der Waals surface area (Å²) in [6.45, 7) is 0.790. The van der Waals surface area contributed by atoms with E-state index in [-0.39, 0.29) is 24.4 Å². The second-order valence-corrected chi connectivity index (χ2v) is 5.81. The largest absolute Gasteiger partial charge is 0.481 e. The van der Waals surface area contributed by atoms with E-state index in [4.69, 9.17) is 14.2 Å². The molecule has 1 aromatic heterocycles. The molecule has 0 spiro atoms. The van der Waals surface area contributed by atoms with Gasteiger partial charge < -0.3 is 19.1 Å². The van der Waals surface area contributed by atoms with Crippen LogP contribution in [-0.2, 0) is 4.79 Å². The first-order valence-corrected chi connectivity index (χ1v) is 8.34. The predicted molar refractivity (Wildman–Crippen MR) is 90.7 cm³/mol. The fourth-order valence-corrected chi connectivity index (χ4v) is 2.74. The molecule has 1 fully saturated rings. The average Bonchev–Trinajstić information content (AvgIpc) is 2.68. The van der Waals surface area contributed by atoms with Crippen molar-refractivity contribution in [1.82, 2.24) is 14.9 Å². The van der Waals surface area contributed by atoms with E-state index < -0.39 is 5.82 Å². The standard InChI is InChI=1S/C18H20FN3O4/c1-24-17-18(21-9-8-20-17)26-13-5-4-10-22(11-13)16(23)12-25-15-7-3-2-6-14(15)19/h2-3,6-9,13H,4-5,10-12H2,1H3. The zero-order valence-electron chi connectivity index (χ0n) is 14.4. The van der Waals surface area contributed by atoms with Crippen molar-refractivity contribution in [3.63, 3.8) is 0 Å². The van der Waals surface area contributed by atoms with Crippen LogP contribution in [0.2, 0.25) is 0 Å². The normalized spacial score (nSPS) is 16.8. The number of likely N-dealkylation sites (tertiary alicyclic amines) is 1. The van der Waals surface area contributed by atoms with Crippen LogP contribution in [0.4, 0.5) is 4.39 Å². The molecule has 0 saturated carbocycles. The summed E-state index contributed by atoms with van der Waals surface area (Å²) in [5.41, 5.74) is 0. The molecule has 0 N–H and O–H groups in total. The van der Waals surface area contributed by atoms with Gasteiger partial charge in [-0.15, -0.1) is 0 Å². The molecule has 1 aliphatic heterocycles. The van der Waals surface area contributed by atoms with Crippen molar-refractivity contribution in [2.75, 3.05) is 26.8 Å². The Balaban J connectivity index is 1.56. The summed E-state index contributed by atoms with van der Waals surface area (Å²) in [6.07, 6.45) is 4.40. The lowest BCUT2D eigenvalue weighted by Gasteiger charge is -2.32. The topological polar surface area (TPSA) is 73.8 Å². The molecule has 2 aromatic rings. The number of hydrogen-bond donors (Lipinski definition) is 0. The van der Waals surface area contributed by atoms with E-state index in [1.54, 1.807) is 17.0 Å². The van der Waals surface area contributed by atoms with Crippen molar-refractivity contribution in [2.24, 2.45) is 0 Å². The van der Waals surface area contributed by atoms with E-state index in [1.807, 2.05) is 0 Å². The van der Waals surface area contributed by atoms with E-state index in [1.165, 1.54) is 31.6 Å². The maximum absolute atomic E-state index is 13.6. The lowest BCUT2D eigenvalue weighted by Crippen LogP contribution is -2.46. The van der Waals surface area contributed by atoms with Crippen LogP contribution in [0.1, 0.15) is 12.8 Å². The monoisotopic (exact) mass is 361 g/mol. The molecular weight excluding hydrogens is 341 g/mol. The highest BCUT2D eigenvalue weighted by Gasteiger charge is 2.26. The number of nitrogens with zero attached hydrogens (tertiary/aromatic N) is 3. The van der Waals surface area contributed by atoms with Crippen molar-refractivity contribution < 1.29 is 23.4 Å². The SMILES string of the molecule is COc1nccnc1OC1CCCN(C(=O)COc2ccccc2F)C1. The second kappa shape index (κ2) is 8.46. The van der Waals surface area contributed by atoms with Crippen molar-refractivity contribution in [1.29, 1.82) is 0 Å². The van der Waals surface area contributed by atoms with Crippen LogP contribution >= 0.6 is 0 Å². The number of carbonyl (C=O) groups excluding carboxylic acids is 1. The number of piperidine rings is 1. The van der Waals surface area contributed by atoms with Gasteiger partial charge in [0.25, 0.3) is 17.7 Å². The van der Waals surface area contributed by atoms with E-state index in [0.717, 1.165) is 12.8 Å². The number of rotatable bonds is 6. The Hall–Kier alpha value is -2.90. The molecule has 0 aliphatic carbocycles. The van der Waals surface area contributed by atoms with Crippen LogP contribution in [0.25, 0.3) is 0 Å². The number of halogens is 1. The Morgan fingerprint density at radius 1 is 1.27 bits per heavy atom. The summed E-state index contributed by atoms with van der Waals surface area (Å²) in [4.78, 5) is 22.2. The average molecular weight is 361 g/mol. The molecule has 7 nitrogen and oxygen atoms in total. The van der Waals surface area contributed by atoms with Crippen LogP contribution < -0.4 is 14.2 Å². The highest BCUT2D eigenvalue weighted by atomic mass is 19.1. The van der Waals surface area contributed by atoms with Crippen LogP contribution in [0.15, 0.2) is 36.7 Å². The van der Waals surface area contributed by atoms with Gasteiger partial charge in [0.2, 0.25) is 0 Å². The molecule has 2 heterocycles. The molecule has 1 aliphatic rings. The van der Waals surface area contributed by atoms with Crippen LogP contribution in [0.3, 0.4) is 0 Å². The van der Waals surface area contributed by atoms with Crippen molar-refractivity contribution in [3.05, 3.63) is 42.5 Å². The minimum absolute atomic E-state index is 0.0648. The molecule has 0 bridgehead atoms. The van der Waals surface area contributed by atoms with Gasteiger partial charge in [-0.2, -0.15) is 0 Å². The zero-order chi connectivity index (χ0) is 18.4. The predicted octanol–water partition coefficient (Wildman–Crippen LogP) is 2.07. The third kappa shape index (κ3) is 4.38. The van der Waals surface area contributed by atoms with Gasteiger partial charge in [-0.3, -0.25) is 4.79 Å². The van der Waals surface area contributed by atoms with Crippen LogP contribution in [0.5, 0.6) is 17.5 Å². The highest BCUT2D eigenvalue weighted by molar-refractivity contribution is 5.77. The number of benzene rings is 1. The van der Waals surface area contributed by atoms with Crippen LogP contribution in [-0.4, -0.2) is 53.7 Å². The number of amides is 1. The maximum Gasteiger partial charge on any atom is 0.278 e. The van der Waals surface area contributed by atoms with Gasteiger partial charge in [0, 0.05) is 18.9 Å². The highest BCUT2D eigenvalue weighted by Crippen LogP contribution is 2.24. The van der Waals surface area contributed by atoms with Gasteiger partial charge in [0.15, 0.2) is 18.2 Å². The Morgan fingerprint density at radius 2 is 2.04 bits per heavy atom. The molecular formula is C18H20FN3O4. The molecule has 26 heavy (non-hydrogen) atoms. The Kier molecular flexibility index (Phi) is 5.83. The van der Waals surface area contributed by atoms with Crippen molar-refractivity contribution in [2.45, 2.75) is 18.9 Å². The molecule has 1 aromatic carbocycles. The number of methoxy groups -OCH3 is 1. The van der Waals surface area contributed by atoms with Gasteiger partial charge in [-0.05, 0) is 25.0 Å². The van der Waals surface area contributed by atoms with E-state index in [0.29, 0.717) is 24.8 Å². The smallest absolute Gasteiger partial charge is 0.278 e. The molecule has 138 valence electrons. The Labute approximate surface area is 150 Å². The molecule has 8 heteroatoms. The van der Waals surface area contributed by atoms with E-state index >= 15 is 0 Å². The lowest BCUT2D eigenvalue weighted by atomic mass is 10.1. The van der Waals surface area contributed by atoms with E-state index in [9.17, 15) is 9.18 Å². The summed E-state index contributed by atoms with van der Waals surface area (Å²) >= 11 is 0. The molecule has 1 amide bonds. The summed E-state index contributed by atoms with van der Waals surface area (Å²) in [7, 11) is 1.49. The summed E-state index contributed by atoms with van der Waals surface area (Å²) in [5.74, 6) is -0.0340. The fourth-order valence-electron chi connectivity index (χ4n) is 2.74. The zero-order valence-corrected chi connectivity index (χ0v) is 14.4. The molecule has 1 unspecified atom stereocenters. The van der Waals surface area contributed by atoms with Gasteiger partial charge in [-0.25, -0.2) is 14.4 Å². The minimum atomic E-state index is -0.491. The number of hydrogen-bond acceptors (Lipinski definition) is 6. The first-order valence-electron chi connectivity index (χ1n) is 8.34. The van der Waals surface area contributed by atoms with Gasteiger partial charge >= 0.3 is 0 Å². The number of ether oxygens (including phenoxy) is 3. The minimum Gasteiger partial charge on any atom is -0.481 e. The van der Waals surface area contributed by atoms with Crippen molar-refractivity contribution in [3.8, 4) is 17.5 Å². The fraction of sp³-hybridized carbons (Fsp3) is 0.389. The van der Waals surface area contributed by atoms with Gasteiger partial charge in [-0.1, -0.05) is 12.1 Å². The third-order valence-electron chi connectivity index (χ3n) is 4.02. The summed E-state index contributed by atoms with van der Waals surface area (Å²) in [6, 6.07) is 6.00. The molecule has 1 saturated heterocycles. The number of aromatic nitrogens is 2. The van der Waals surface area contributed by atoms with Crippen LogP contribution in [0, 0.1) is 5.82 Å². The molecule has 3 rings (SSSR count). The quantitative estimate of drug-likeness (QED) is 0.784. The first-order chi connectivity index (χ1) is 12.7. The Morgan fingerprint density at radius 3 is 2.81 bits per heavy atom. The lowest BCUT2D eigenvalue weighted by molar-refractivity contribution is -0.136. The molecule has 1 atom stereocenters. The number of para-hydroxylation sites is 1. The van der Waals surface area contributed by atoms with Crippen molar-refractivity contribution >= 4 is 5.91 Å². The summed E-state index contributed by atoms with van der Waals surface area (Å²) < 4.78 is 29.8. The van der Waals surface area contributed by atoms with Gasteiger partial charge in [0.05, 0.1) is 13.7 Å². The third-order valence-corrected chi connectivity index (χ3v) is 4.02. The number of carbonyl (C=O) groups is 1. The molecule has 0 radical (unpaired) electrons. The van der Waals surface area contributed by atoms with Gasteiger partial charge in [0.1, 0.15) is 6.10 Å². The van der Waals surface area contributed by atoms with E-state index in [2.05, 4.69) is 9.97 Å². The Bertz CT molecular complexity index is 759. The first kappa shape index (κ1) is 17.9. The second-order valence-electron chi connectivity index (χ2n) is 5.81.